The first-order valence-corrected chi connectivity index (χ1v) is 7.02. The monoisotopic (exact) mass is 274 g/mol. The smallest absolute Gasteiger partial charge is 0.213 e. The molecular formula is C13H14N4OS. The van der Waals surface area contributed by atoms with Crippen LogP contribution in [0.3, 0.4) is 0 Å². The van der Waals surface area contributed by atoms with Crippen LogP contribution in [0.4, 0.5) is 5.82 Å². The maximum atomic E-state index is 5.16. The first-order valence-electron chi connectivity index (χ1n) is 6.03. The largest absolute Gasteiger partial charge is 0.481 e. The quantitative estimate of drug-likeness (QED) is 0.912. The normalized spacial score (nSPS) is 18.4. The number of methoxy groups -OCH3 is 1. The number of aliphatic imine (C=N–C) groups is 1. The van der Waals surface area contributed by atoms with Crippen LogP contribution in [0.2, 0.25) is 0 Å². The van der Waals surface area contributed by atoms with Gasteiger partial charge in [-0.3, -0.25) is 4.99 Å². The molecule has 3 heterocycles. The van der Waals surface area contributed by atoms with Crippen molar-refractivity contribution in [2.75, 3.05) is 18.2 Å². The Kier molecular flexibility index (Phi) is 3.25. The Hall–Kier alpha value is -1.82. The van der Waals surface area contributed by atoms with Gasteiger partial charge in [0.05, 0.1) is 13.2 Å². The van der Waals surface area contributed by atoms with E-state index in [2.05, 4.69) is 27.2 Å². The summed E-state index contributed by atoms with van der Waals surface area (Å²) >= 11 is 1.70. The van der Waals surface area contributed by atoms with Crippen LogP contribution in [0.1, 0.15) is 6.92 Å². The molecule has 0 saturated heterocycles. The Bertz CT molecular complexity index is 644. The van der Waals surface area contributed by atoms with Crippen LogP contribution in [-0.4, -0.2) is 34.0 Å². The van der Waals surface area contributed by atoms with Gasteiger partial charge in [0.15, 0.2) is 11.0 Å². The van der Waals surface area contributed by atoms with Gasteiger partial charge in [0.25, 0.3) is 0 Å². The van der Waals surface area contributed by atoms with Crippen LogP contribution >= 0.6 is 11.8 Å². The van der Waals surface area contributed by atoms with Gasteiger partial charge in [-0.05, 0) is 19.1 Å². The van der Waals surface area contributed by atoms with Gasteiger partial charge in [-0.2, -0.15) is 0 Å². The molecule has 2 aromatic heterocycles. The summed E-state index contributed by atoms with van der Waals surface area (Å²) < 4.78 is 5.16. The van der Waals surface area contributed by atoms with Gasteiger partial charge in [0.1, 0.15) is 5.52 Å². The molecule has 1 unspecified atom stereocenters. The highest BCUT2D eigenvalue weighted by molar-refractivity contribution is 8.14. The minimum absolute atomic E-state index is 0.352. The fourth-order valence-electron chi connectivity index (χ4n) is 1.88. The molecule has 0 aliphatic carbocycles. The highest BCUT2D eigenvalue weighted by Gasteiger charge is 2.15. The van der Waals surface area contributed by atoms with Crippen molar-refractivity contribution in [3.8, 4) is 5.88 Å². The molecule has 0 bridgehead atoms. The first-order chi connectivity index (χ1) is 9.26. The molecule has 0 saturated carbocycles. The van der Waals surface area contributed by atoms with E-state index >= 15 is 0 Å². The first kappa shape index (κ1) is 12.2. The van der Waals surface area contributed by atoms with Crippen molar-refractivity contribution in [1.82, 2.24) is 9.97 Å². The topological polar surface area (TPSA) is 59.4 Å². The molecular weight excluding hydrogens is 260 g/mol. The second-order valence-electron chi connectivity index (χ2n) is 4.30. The second-order valence-corrected chi connectivity index (χ2v) is 5.31. The van der Waals surface area contributed by atoms with Crippen molar-refractivity contribution in [3.63, 3.8) is 0 Å². The van der Waals surface area contributed by atoms with E-state index in [1.807, 2.05) is 18.2 Å². The Labute approximate surface area is 115 Å². The number of hydrogen-bond donors (Lipinski definition) is 1. The van der Waals surface area contributed by atoms with Crippen LogP contribution in [0, 0.1) is 0 Å². The van der Waals surface area contributed by atoms with Crippen molar-refractivity contribution < 1.29 is 4.74 Å². The predicted molar refractivity (Wildman–Crippen MR) is 79.1 cm³/mol. The van der Waals surface area contributed by atoms with Gasteiger partial charge in [-0.1, -0.05) is 11.8 Å². The van der Waals surface area contributed by atoms with Gasteiger partial charge in [-0.25, -0.2) is 9.97 Å². The third kappa shape index (κ3) is 2.49. The molecule has 0 radical (unpaired) electrons. The lowest BCUT2D eigenvalue weighted by atomic mass is 10.2. The second kappa shape index (κ2) is 5.05. The lowest BCUT2D eigenvalue weighted by molar-refractivity contribution is 0.399. The number of thioether (sulfide) groups is 1. The van der Waals surface area contributed by atoms with Crippen LogP contribution in [0.15, 0.2) is 29.4 Å². The zero-order valence-electron chi connectivity index (χ0n) is 10.8. The number of aromatic nitrogens is 2. The Morgan fingerprint density at radius 1 is 1.37 bits per heavy atom. The zero-order chi connectivity index (χ0) is 13.2. The lowest BCUT2D eigenvalue weighted by Gasteiger charge is -2.08. The van der Waals surface area contributed by atoms with Crippen LogP contribution in [0.25, 0.3) is 10.9 Å². The number of nitrogens with zero attached hydrogens (tertiary/aromatic N) is 3. The number of ether oxygens (including phenoxy) is 1. The Morgan fingerprint density at radius 3 is 3.00 bits per heavy atom. The summed E-state index contributed by atoms with van der Waals surface area (Å²) in [6, 6.07) is 6.10. The average Bonchev–Trinajstić information content (AvgIpc) is 2.84. The standard InChI is InChI=1S/C13H14N4OS/c1-8-7-19-13(15-8)17-12-11-9(5-6-14-12)3-4-10(16-11)18-2/h3-6,8H,7H2,1-2H3,(H,14,15,17). The third-order valence-corrected chi connectivity index (χ3v) is 3.95. The molecule has 1 atom stereocenters. The van der Waals surface area contributed by atoms with E-state index in [0.717, 1.165) is 27.6 Å². The van der Waals surface area contributed by atoms with Crippen molar-refractivity contribution in [3.05, 3.63) is 24.4 Å². The van der Waals surface area contributed by atoms with E-state index in [-0.39, 0.29) is 0 Å². The predicted octanol–water partition coefficient (Wildman–Crippen LogP) is 2.54. The van der Waals surface area contributed by atoms with Crippen molar-refractivity contribution in [2.45, 2.75) is 13.0 Å². The summed E-state index contributed by atoms with van der Waals surface area (Å²) in [5.41, 5.74) is 0.796. The molecule has 0 spiro atoms. The van der Waals surface area contributed by atoms with Gasteiger partial charge >= 0.3 is 0 Å². The van der Waals surface area contributed by atoms with Gasteiger partial charge in [-0.15, -0.1) is 0 Å². The molecule has 5 nitrogen and oxygen atoms in total. The Morgan fingerprint density at radius 2 is 2.26 bits per heavy atom. The molecule has 0 fully saturated rings. The van der Waals surface area contributed by atoms with Crippen LogP contribution in [-0.2, 0) is 0 Å². The highest BCUT2D eigenvalue weighted by atomic mass is 32.2. The average molecular weight is 274 g/mol. The number of rotatable bonds is 2. The minimum atomic E-state index is 0.352. The SMILES string of the molecule is COc1ccc2ccnc(NC3=NC(C)CS3)c2n1. The zero-order valence-corrected chi connectivity index (χ0v) is 11.6. The van der Waals surface area contributed by atoms with E-state index in [1.165, 1.54) is 0 Å². The van der Waals surface area contributed by atoms with E-state index in [9.17, 15) is 0 Å². The minimum Gasteiger partial charge on any atom is -0.481 e. The molecule has 0 aromatic carbocycles. The van der Waals surface area contributed by atoms with Gasteiger partial charge in [0, 0.05) is 23.4 Å². The number of fused-ring (bicyclic) bond motifs is 1. The fraction of sp³-hybridized carbons (Fsp3) is 0.308. The van der Waals surface area contributed by atoms with Gasteiger partial charge < -0.3 is 10.1 Å². The number of pyridine rings is 2. The summed E-state index contributed by atoms with van der Waals surface area (Å²) in [6.07, 6.45) is 1.77. The molecule has 0 amide bonds. The lowest BCUT2D eigenvalue weighted by Crippen LogP contribution is -2.07. The van der Waals surface area contributed by atoms with E-state index in [4.69, 9.17) is 4.74 Å². The summed E-state index contributed by atoms with van der Waals surface area (Å²) in [4.78, 5) is 13.3. The van der Waals surface area contributed by atoms with Crippen molar-refractivity contribution in [1.29, 1.82) is 0 Å². The molecule has 3 rings (SSSR count). The summed E-state index contributed by atoms with van der Waals surface area (Å²) in [5, 5.41) is 5.17. The highest BCUT2D eigenvalue weighted by Crippen LogP contribution is 2.25. The molecule has 19 heavy (non-hydrogen) atoms. The van der Waals surface area contributed by atoms with E-state index < -0.39 is 0 Å². The van der Waals surface area contributed by atoms with Crippen molar-refractivity contribution in [2.24, 2.45) is 4.99 Å². The number of anilines is 1. The molecule has 6 heteroatoms. The number of amidine groups is 1. The Balaban J connectivity index is 2.00. The van der Waals surface area contributed by atoms with Crippen LogP contribution < -0.4 is 10.1 Å². The molecule has 2 aromatic rings. The summed E-state index contributed by atoms with van der Waals surface area (Å²) in [7, 11) is 1.61. The number of nitrogens with one attached hydrogen (secondary N) is 1. The molecule has 1 N–H and O–H groups in total. The van der Waals surface area contributed by atoms with Crippen LogP contribution in [0.5, 0.6) is 5.88 Å². The molecule has 1 aliphatic rings. The van der Waals surface area contributed by atoms with Gasteiger partial charge in [0.2, 0.25) is 5.88 Å². The summed E-state index contributed by atoms with van der Waals surface area (Å²) in [6.45, 7) is 2.10. The molecule has 98 valence electrons. The molecule has 1 aliphatic heterocycles. The maximum Gasteiger partial charge on any atom is 0.213 e. The van der Waals surface area contributed by atoms with Crippen molar-refractivity contribution >= 4 is 33.7 Å². The maximum absolute atomic E-state index is 5.16. The summed E-state index contributed by atoms with van der Waals surface area (Å²) in [5.74, 6) is 2.30. The third-order valence-electron chi connectivity index (χ3n) is 2.82. The van der Waals surface area contributed by atoms with E-state index in [0.29, 0.717) is 11.9 Å². The fourth-order valence-corrected chi connectivity index (χ4v) is 2.78. The number of hydrogen-bond acceptors (Lipinski definition) is 6. The van der Waals surface area contributed by atoms with E-state index in [1.54, 1.807) is 25.1 Å².